The van der Waals surface area contributed by atoms with Crippen molar-refractivity contribution in [2.24, 2.45) is 5.92 Å². The van der Waals surface area contributed by atoms with E-state index in [1.54, 1.807) is 6.33 Å². The van der Waals surface area contributed by atoms with Gasteiger partial charge >= 0.3 is 0 Å². The van der Waals surface area contributed by atoms with Crippen molar-refractivity contribution in [2.45, 2.75) is 12.8 Å². The van der Waals surface area contributed by atoms with Crippen molar-refractivity contribution < 1.29 is 4.74 Å². The lowest BCUT2D eigenvalue weighted by atomic mass is 9.98. The lowest BCUT2D eigenvalue weighted by Gasteiger charge is -2.32. The van der Waals surface area contributed by atoms with Crippen molar-refractivity contribution in [1.82, 2.24) is 24.6 Å². The van der Waals surface area contributed by atoms with Gasteiger partial charge in [-0.2, -0.15) is 5.10 Å². The number of piperidine rings is 1. The van der Waals surface area contributed by atoms with Gasteiger partial charge < -0.3 is 9.64 Å². The van der Waals surface area contributed by atoms with Crippen LogP contribution in [0.3, 0.4) is 0 Å². The predicted octanol–water partition coefficient (Wildman–Crippen LogP) is 3.48. The summed E-state index contributed by atoms with van der Waals surface area (Å²) in [6.07, 6.45) is 9.19. The summed E-state index contributed by atoms with van der Waals surface area (Å²) < 4.78 is 7.88. The summed E-state index contributed by atoms with van der Waals surface area (Å²) in [5.41, 5.74) is 3.00. The second-order valence-corrected chi connectivity index (χ2v) is 7.26. The quantitative estimate of drug-likeness (QED) is 0.523. The monoisotopic (exact) mass is 386 g/mol. The minimum Gasteiger partial charge on any atom is -0.477 e. The van der Waals surface area contributed by atoms with Crippen molar-refractivity contribution in [2.75, 3.05) is 24.6 Å². The molecule has 5 rings (SSSR count). The summed E-state index contributed by atoms with van der Waals surface area (Å²) in [6.45, 7) is 2.60. The first-order chi connectivity index (χ1) is 14.4. The van der Waals surface area contributed by atoms with E-state index in [0.717, 1.165) is 48.5 Å². The Bertz CT molecular complexity index is 1090. The van der Waals surface area contributed by atoms with Crippen molar-refractivity contribution in [3.8, 4) is 17.1 Å². The van der Waals surface area contributed by atoms with Crippen molar-refractivity contribution in [3.05, 3.63) is 67.4 Å². The van der Waals surface area contributed by atoms with Crippen molar-refractivity contribution >= 4 is 11.3 Å². The average Bonchev–Trinajstić information content (AvgIpc) is 3.28. The van der Waals surface area contributed by atoms with Crippen LogP contribution < -0.4 is 9.64 Å². The number of nitrogens with zero attached hydrogens (tertiary/aromatic N) is 6. The molecule has 1 fully saturated rings. The maximum Gasteiger partial charge on any atom is 0.216 e. The molecular weight excluding hydrogens is 364 g/mol. The van der Waals surface area contributed by atoms with Crippen molar-refractivity contribution in [3.63, 3.8) is 0 Å². The molecule has 4 heterocycles. The predicted molar refractivity (Wildman–Crippen MR) is 111 cm³/mol. The molecule has 7 heteroatoms. The minimum atomic E-state index is 0.506. The normalized spacial score (nSPS) is 15.0. The number of rotatable bonds is 5. The summed E-state index contributed by atoms with van der Waals surface area (Å²) in [7, 11) is 0. The lowest BCUT2D eigenvalue weighted by molar-refractivity contribution is 0.216. The van der Waals surface area contributed by atoms with E-state index in [0.29, 0.717) is 18.4 Å². The van der Waals surface area contributed by atoms with Gasteiger partial charge in [0.05, 0.1) is 18.5 Å². The molecule has 4 aromatic rings. The highest BCUT2D eigenvalue weighted by atomic mass is 16.5. The molecule has 7 nitrogen and oxygen atoms in total. The number of ether oxygens (including phenoxy) is 1. The Balaban J connectivity index is 1.19. The first-order valence-electron chi connectivity index (χ1n) is 9.90. The van der Waals surface area contributed by atoms with Gasteiger partial charge in [0.2, 0.25) is 5.88 Å². The zero-order valence-electron chi connectivity index (χ0n) is 16.1. The Hall–Kier alpha value is -3.48. The second kappa shape index (κ2) is 7.87. The molecule has 1 aromatic carbocycles. The number of anilines is 1. The summed E-state index contributed by atoms with van der Waals surface area (Å²) in [5.74, 6) is 2.14. The lowest BCUT2D eigenvalue weighted by Crippen LogP contribution is -2.36. The molecule has 0 radical (unpaired) electrons. The van der Waals surface area contributed by atoms with E-state index in [9.17, 15) is 0 Å². The highest BCUT2D eigenvalue weighted by molar-refractivity contribution is 5.68. The number of fused-ring (bicyclic) bond motifs is 1. The van der Waals surface area contributed by atoms with E-state index in [1.165, 1.54) is 0 Å². The minimum absolute atomic E-state index is 0.506. The molecule has 0 bridgehead atoms. The van der Waals surface area contributed by atoms with Gasteiger partial charge in [0.25, 0.3) is 0 Å². The topological polar surface area (TPSA) is 68.4 Å². The molecule has 0 atom stereocenters. The van der Waals surface area contributed by atoms with E-state index in [1.807, 2.05) is 65.6 Å². The molecule has 3 aromatic heterocycles. The van der Waals surface area contributed by atoms with E-state index >= 15 is 0 Å². The Kier molecular flexibility index (Phi) is 4.78. The van der Waals surface area contributed by atoms with Crippen LogP contribution in [0.15, 0.2) is 67.4 Å². The fraction of sp³-hybridized carbons (Fsp3) is 0.273. The Morgan fingerprint density at radius 1 is 0.966 bits per heavy atom. The van der Waals surface area contributed by atoms with Crippen LogP contribution in [0.1, 0.15) is 12.8 Å². The van der Waals surface area contributed by atoms with Crippen LogP contribution in [-0.2, 0) is 0 Å². The Labute approximate surface area is 169 Å². The molecule has 1 saturated heterocycles. The summed E-state index contributed by atoms with van der Waals surface area (Å²) >= 11 is 0. The van der Waals surface area contributed by atoms with E-state index in [4.69, 9.17) is 4.74 Å². The number of aromatic nitrogens is 5. The number of hydrogen-bond acceptors (Lipinski definition) is 6. The largest absolute Gasteiger partial charge is 0.477 e. The van der Waals surface area contributed by atoms with Gasteiger partial charge in [-0.25, -0.2) is 19.5 Å². The SMILES string of the molecule is c1ccc(-c2cc(OCC3CCN(c4nccn5nccc45)CC3)ncn2)cc1. The highest BCUT2D eigenvalue weighted by Crippen LogP contribution is 2.26. The van der Waals surface area contributed by atoms with Crippen LogP contribution in [-0.4, -0.2) is 44.3 Å². The second-order valence-electron chi connectivity index (χ2n) is 7.26. The molecule has 0 unspecified atom stereocenters. The van der Waals surface area contributed by atoms with E-state index in [-0.39, 0.29) is 0 Å². The maximum atomic E-state index is 6.01. The van der Waals surface area contributed by atoms with Gasteiger partial charge in [-0.05, 0) is 24.8 Å². The van der Waals surface area contributed by atoms with Crippen LogP contribution in [0.2, 0.25) is 0 Å². The first kappa shape index (κ1) is 17.6. The molecule has 146 valence electrons. The van der Waals surface area contributed by atoms with E-state index in [2.05, 4.69) is 25.0 Å². The molecule has 0 amide bonds. The molecule has 0 N–H and O–H groups in total. The van der Waals surface area contributed by atoms with Gasteiger partial charge in [-0.1, -0.05) is 30.3 Å². The standard InChI is InChI=1S/C22H22N6O/c1-2-4-18(5-3-1)19-14-21(25-16-24-19)29-15-17-7-11-27(12-8-17)22-20-6-9-26-28(20)13-10-23-22/h1-6,9-10,13-14,16-17H,7-8,11-12,15H2. The highest BCUT2D eigenvalue weighted by Gasteiger charge is 2.22. The maximum absolute atomic E-state index is 6.01. The Morgan fingerprint density at radius 3 is 2.69 bits per heavy atom. The summed E-state index contributed by atoms with van der Waals surface area (Å²) in [4.78, 5) is 15.5. The molecule has 1 aliphatic heterocycles. The van der Waals surface area contributed by atoms with Crippen LogP contribution in [0.25, 0.3) is 16.8 Å². The van der Waals surface area contributed by atoms with Gasteiger partial charge in [0.15, 0.2) is 5.82 Å². The van der Waals surface area contributed by atoms with Gasteiger partial charge in [-0.15, -0.1) is 0 Å². The average molecular weight is 386 g/mol. The smallest absolute Gasteiger partial charge is 0.216 e. The third-order valence-electron chi connectivity index (χ3n) is 5.40. The van der Waals surface area contributed by atoms with Crippen LogP contribution >= 0.6 is 0 Å². The zero-order chi connectivity index (χ0) is 19.5. The Morgan fingerprint density at radius 2 is 1.83 bits per heavy atom. The fourth-order valence-corrected chi connectivity index (χ4v) is 3.79. The zero-order valence-corrected chi connectivity index (χ0v) is 16.1. The third kappa shape index (κ3) is 3.76. The van der Waals surface area contributed by atoms with Crippen LogP contribution in [0.4, 0.5) is 5.82 Å². The van der Waals surface area contributed by atoms with Crippen LogP contribution in [0.5, 0.6) is 5.88 Å². The fourth-order valence-electron chi connectivity index (χ4n) is 3.79. The molecule has 29 heavy (non-hydrogen) atoms. The van der Waals surface area contributed by atoms with Gasteiger partial charge in [-0.3, -0.25) is 0 Å². The van der Waals surface area contributed by atoms with Crippen molar-refractivity contribution in [1.29, 1.82) is 0 Å². The van der Waals surface area contributed by atoms with Gasteiger partial charge in [0, 0.05) is 37.1 Å². The van der Waals surface area contributed by atoms with Gasteiger partial charge in [0.1, 0.15) is 11.8 Å². The molecule has 1 aliphatic rings. The van der Waals surface area contributed by atoms with E-state index < -0.39 is 0 Å². The molecule has 0 spiro atoms. The number of hydrogen-bond donors (Lipinski definition) is 0. The summed E-state index contributed by atoms with van der Waals surface area (Å²) in [6, 6.07) is 14.0. The molecule has 0 aliphatic carbocycles. The third-order valence-corrected chi connectivity index (χ3v) is 5.40. The summed E-state index contributed by atoms with van der Waals surface area (Å²) in [5, 5.41) is 4.30. The molecular formula is C22H22N6O. The molecule has 0 saturated carbocycles. The van der Waals surface area contributed by atoms with Crippen LogP contribution in [0, 0.1) is 5.92 Å². The number of benzene rings is 1. The first-order valence-corrected chi connectivity index (χ1v) is 9.90.